The second-order valence-corrected chi connectivity index (χ2v) is 6.69. The molecule has 1 N–H and O–H groups in total. The van der Waals surface area contributed by atoms with Crippen LogP contribution in [0.5, 0.6) is 0 Å². The summed E-state index contributed by atoms with van der Waals surface area (Å²) < 4.78 is 2.81. The zero-order valence-corrected chi connectivity index (χ0v) is 15.0. The highest BCUT2D eigenvalue weighted by Crippen LogP contribution is 2.16. The molecule has 0 aliphatic heterocycles. The maximum atomic E-state index is 12.0. The number of nitrogens with zero attached hydrogens (tertiary/aromatic N) is 4. The fraction of sp³-hybridized carbons (Fsp3) is 0.500. The zero-order valence-electron chi connectivity index (χ0n) is 14.2. The van der Waals surface area contributed by atoms with E-state index in [4.69, 9.17) is 0 Å². The van der Waals surface area contributed by atoms with Crippen LogP contribution in [-0.2, 0) is 13.0 Å². The van der Waals surface area contributed by atoms with E-state index in [1.54, 1.807) is 11.8 Å². The Labute approximate surface area is 146 Å². The lowest BCUT2D eigenvalue weighted by Crippen LogP contribution is -2.28. The average Bonchev–Trinajstić information content (AvgIpc) is 2.93. The van der Waals surface area contributed by atoms with Crippen LogP contribution in [0.25, 0.3) is 0 Å². The summed E-state index contributed by atoms with van der Waals surface area (Å²) in [6.07, 6.45) is 6.16. The van der Waals surface area contributed by atoms with Gasteiger partial charge in [-0.3, -0.25) is 4.79 Å². The zero-order chi connectivity index (χ0) is 17.5. The van der Waals surface area contributed by atoms with Crippen molar-refractivity contribution in [2.75, 3.05) is 12.8 Å². The molecule has 2 aromatic heterocycles. The first-order valence-corrected chi connectivity index (χ1v) is 9.16. The summed E-state index contributed by atoms with van der Waals surface area (Å²) >= 11 is 1.59. The van der Waals surface area contributed by atoms with Crippen LogP contribution in [0.3, 0.4) is 0 Å². The Kier molecular flexibility index (Phi) is 6.60. The van der Waals surface area contributed by atoms with Crippen LogP contribution in [0.1, 0.15) is 36.5 Å². The van der Waals surface area contributed by atoms with Crippen LogP contribution < -0.4 is 10.0 Å². The number of aryl methyl sites for hydroxylation is 1. The smallest absolute Gasteiger partial charge is 0.251 e. The lowest BCUT2D eigenvalue weighted by atomic mass is 10.2. The van der Waals surface area contributed by atoms with Gasteiger partial charge in [0.1, 0.15) is 5.82 Å². The molecule has 2 aromatic rings. The van der Waals surface area contributed by atoms with Crippen LogP contribution in [0.15, 0.2) is 29.7 Å². The van der Waals surface area contributed by atoms with Crippen LogP contribution in [0, 0.1) is 11.1 Å². The Bertz CT molecular complexity index is 670. The van der Waals surface area contributed by atoms with Crippen molar-refractivity contribution in [3.8, 4) is 0 Å². The monoisotopic (exact) mass is 349 g/mol. The molecule has 0 radical (unpaired) electrons. The van der Waals surface area contributed by atoms with Crippen LogP contribution in [0.4, 0.5) is 0 Å². The quantitative estimate of drug-likeness (QED) is 0.339. The third kappa shape index (κ3) is 4.95. The van der Waals surface area contributed by atoms with E-state index < -0.39 is 0 Å². The summed E-state index contributed by atoms with van der Waals surface area (Å²) in [4.78, 5) is 12.0. The number of nitrogens with one attached hydrogen (secondary N) is 1. The molecule has 0 spiro atoms. The Hall–Kier alpha value is -2.09. The van der Waals surface area contributed by atoms with Gasteiger partial charge in [-0.25, -0.2) is 0 Å². The average molecular weight is 349 g/mol. The molecule has 0 saturated carbocycles. The van der Waals surface area contributed by atoms with Crippen molar-refractivity contribution in [2.24, 2.45) is 5.92 Å². The molecule has 0 atom stereocenters. The van der Waals surface area contributed by atoms with E-state index in [1.165, 1.54) is 24.5 Å². The van der Waals surface area contributed by atoms with Gasteiger partial charge in [-0.15, -0.1) is 10.2 Å². The van der Waals surface area contributed by atoms with Crippen molar-refractivity contribution in [1.82, 2.24) is 20.1 Å². The number of rotatable bonds is 8. The molecule has 0 saturated heterocycles. The van der Waals surface area contributed by atoms with Crippen molar-refractivity contribution >= 4 is 17.7 Å². The topological polar surface area (TPSA) is 86.8 Å². The normalized spacial score (nSPS) is 11.0. The number of pyridine rings is 1. The third-order valence-corrected chi connectivity index (χ3v) is 4.12. The van der Waals surface area contributed by atoms with Crippen LogP contribution in [0.2, 0.25) is 0 Å². The predicted octanol–water partition coefficient (Wildman–Crippen LogP) is 1.65. The van der Waals surface area contributed by atoms with Gasteiger partial charge < -0.3 is 15.1 Å². The molecule has 2 rings (SSSR count). The number of carbonyl (C=O) groups excluding carboxylic acids is 1. The molecule has 0 bridgehead atoms. The molecular formula is C16H23N5O2S. The second-order valence-electron chi connectivity index (χ2n) is 5.91. The van der Waals surface area contributed by atoms with Gasteiger partial charge in [0, 0.05) is 31.6 Å². The SMILES string of the molecule is CSc1nnc(CCCNC(=O)c2cc[n+]([O-])cc2)n1CC(C)C. The number of amides is 1. The van der Waals surface area contributed by atoms with E-state index in [1.807, 2.05) is 6.26 Å². The molecule has 0 aliphatic carbocycles. The van der Waals surface area contributed by atoms with Crippen molar-refractivity contribution in [3.05, 3.63) is 41.1 Å². The van der Waals surface area contributed by atoms with E-state index in [-0.39, 0.29) is 5.91 Å². The van der Waals surface area contributed by atoms with E-state index in [0.29, 0.717) is 22.8 Å². The largest absolute Gasteiger partial charge is 0.619 e. The van der Waals surface area contributed by atoms with Gasteiger partial charge >= 0.3 is 0 Å². The summed E-state index contributed by atoms with van der Waals surface area (Å²) in [7, 11) is 0. The van der Waals surface area contributed by atoms with E-state index in [2.05, 4.69) is 33.9 Å². The number of hydrogen-bond acceptors (Lipinski definition) is 5. The number of aromatic nitrogens is 4. The van der Waals surface area contributed by atoms with Crippen molar-refractivity contribution in [2.45, 2.75) is 38.4 Å². The Morgan fingerprint density at radius 2 is 2.08 bits per heavy atom. The molecule has 7 nitrogen and oxygen atoms in total. The molecule has 130 valence electrons. The Balaban J connectivity index is 1.85. The minimum absolute atomic E-state index is 0.177. The van der Waals surface area contributed by atoms with E-state index in [9.17, 15) is 10.0 Å². The maximum absolute atomic E-state index is 12.0. The summed E-state index contributed by atoms with van der Waals surface area (Å²) in [5.41, 5.74) is 0.481. The molecule has 0 aliphatic rings. The van der Waals surface area contributed by atoms with Gasteiger partial charge in [-0.1, -0.05) is 25.6 Å². The molecule has 2 heterocycles. The highest BCUT2D eigenvalue weighted by atomic mass is 32.2. The van der Waals surface area contributed by atoms with E-state index >= 15 is 0 Å². The summed E-state index contributed by atoms with van der Waals surface area (Å²) in [5.74, 6) is 1.30. The molecule has 24 heavy (non-hydrogen) atoms. The van der Waals surface area contributed by atoms with Gasteiger partial charge in [0.25, 0.3) is 5.91 Å². The molecule has 0 fully saturated rings. The van der Waals surface area contributed by atoms with Gasteiger partial charge in [-0.05, 0) is 18.6 Å². The summed E-state index contributed by atoms with van der Waals surface area (Å²) in [6, 6.07) is 3.01. The second kappa shape index (κ2) is 8.68. The molecular weight excluding hydrogens is 326 g/mol. The summed E-state index contributed by atoms with van der Waals surface area (Å²) in [5, 5.41) is 23.2. The van der Waals surface area contributed by atoms with Gasteiger partial charge in [0.05, 0.1) is 5.56 Å². The first-order valence-electron chi connectivity index (χ1n) is 7.94. The maximum Gasteiger partial charge on any atom is 0.251 e. The lowest BCUT2D eigenvalue weighted by Gasteiger charge is -2.11. The van der Waals surface area contributed by atoms with Crippen molar-refractivity contribution in [1.29, 1.82) is 0 Å². The minimum Gasteiger partial charge on any atom is -0.619 e. The Morgan fingerprint density at radius 1 is 1.38 bits per heavy atom. The standard InChI is InChI=1S/C16H23N5O2S/c1-12(2)11-21-14(18-19-16(21)24-3)5-4-8-17-15(22)13-6-9-20(23)10-7-13/h6-7,9-10,12H,4-5,8,11H2,1-3H3,(H,17,22). The molecule has 1 amide bonds. The first kappa shape index (κ1) is 18.3. The van der Waals surface area contributed by atoms with Gasteiger partial charge in [-0.2, -0.15) is 4.73 Å². The van der Waals surface area contributed by atoms with Crippen molar-refractivity contribution < 1.29 is 9.52 Å². The van der Waals surface area contributed by atoms with Crippen LogP contribution in [-0.4, -0.2) is 33.5 Å². The summed E-state index contributed by atoms with van der Waals surface area (Å²) in [6.45, 7) is 5.78. The molecule has 8 heteroatoms. The van der Waals surface area contributed by atoms with Gasteiger partial charge in [0.15, 0.2) is 17.6 Å². The highest BCUT2D eigenvalue weighted by molar-refractivity contribution is 7.98. The van der Waals surface area contributed by atoms with Crippen molar-refractivity contribution in [3.63, 3.8) is 0 Å². The first-order chi connectivity index (χ1) is 11.5. The molecule has 0 unspecified atom stereocenters. The lowest BCUT2D eigenvalue weighted by molar-refractivity contribution is -0.605. The fourth-order valence-electron chi connectivity index (χ4n) is 2.32. The highest BCUT2D eigenvalue weighted by Gasteiger charge is 2.12. The fourth-order valence-corrected chi connectivity index (χ4v) is 2.84. The van der Waals surface area contributed by atoms with Gasteiger partial charge in [0.2, 0.25) is 0 Å². The minimum atomic E-state index is -0.177. The van der Waals surface area contributed by atoms with Crippen LogP contribution >= 0.6 is 11.8 Å². The number of thioether (sulfide) groups is 1. The third-order valence-electron chi connectivity index (χ3n) is 3.45. The van der Waals surface area contributed by atoms with E-state index in [0.717, 1.165) is 30.4 Å². The number of carbonyl (C=O) groups is 1. The predicted molar refractivity (Wildman–Crippen MR) is 92.7 cm³/mol. The number of hydrogen-bond donors (Lipinski definition) is 1. The molecule has 0 aromatic carbocycles. The Morgan fingerprint density at radius 3 is 2.71 bits per heavy atom.